The number of carbonyl (C=O) groups is 2. The zero-order chi connectivity index (χ0) is 15.2. The normalized spacial score (nSPS) is 9.95. The molecular weight excluding hydrogens is 266 g/mol. The van der Waals surface area contributed by atoms with Crippen LogP contribution in [0.3, 0.4) is 0 Å². The minimum atomic E-state index is -0.160. The maximum absolute atomic E-state index is 11.9. The lowest BCUT2D eigenvalue weighted by molar-refractivity contribution is -0.115. The van der Waals surface area contributed by atoms with Gasteiger partial charge in [0, 0.05) is 24.0 Å². The van der Waals surface area contributed by atoms with Crippen molar-refractivity contribution in [1.82, 2.24) is 5.32 Å². The number of rotatable bonds is 4. The molecule has 0 saturated heterocycles. The summed E-state index contributed by atoms with van der Waals surface area (Å²) in [6.07, 6.45) is 0.252. The highest BCUT2D eigenvalue weighted by molar-refractivity contribution is 5.96. The lowest BCUT2D eigenvalue weighted by atomic mass is 10.1. The second-order valence-electron chi connectivity index (χ2n) is 4.63. The van der Waals surface area contributed by atoms with E-state index in [0.717, 1.165) is 5.56 Å². The lowest BCUT2D eigenvalue weighted by Crippen LogP contribution is -2.18. The highest BCUT2D eigenvalue weighted by Crippen LogP contribution is 2.12. The van der Waals surface area contributed by atoms with Crippen molar-refractivity contribution in [3.8, 4) is 0 Å². The van der Waals surface area contributed by atoms with E-state index in [0.29, 0.717) is 16.9 Å². The van der Waals surface area contributed by atoms with E-state index in [-0.39, 0.29) is 18.2 Å². The molecule has 0 heterocycles. The number of carbonyl (C=O) groups excluding carboxylic acids is 2. The highest BCUT2D eigenvalue weighted by atomic mass is 16.2. The quantitative estimate of drug-likeness (QED) is 0.748. The third-order valence-corrected chi connectivity index (χ3v) is 2.97. The molecule has 2 aromatic rings. The van der Waals surface area contributed by atoms with E-state index >= 15 is 0 Å². The van der Waals surface area contributed by atoms with E-state index in [9.17, 15) is 9.59 Å². The van der Waals surface area contributed by atoms with Gasteiger partial charge in [0.15, 0.2) is 0 Å². The first-order chi connectivity index (χ1) is 10.1. The molecule has 0 bridgehead atoms. The van der Waals surface area contributed by atoms with Crippen molar-refractivity contribution in [3.63, 3.8) is 0 Å². The molecule has 2 aromatic carbocycles. The minimum absolute atomic E-state index is 0.131. The molecule has 0 saturated carbocycles. The van der Waals surface area contributed by atoms with Crippen molar-refractivity contribution in [2.45, 2.75) is 6.42 Å². The number of amides is 2. The molecule has 0 aromatic heterocycles. The average molecular weight is 283 g/mol. The van der Waals surface area contributed by atoms with Crippen LogP contribution in [0.4, 0.5) is 11.4 Å². The Kier molecular flexibility index (Phi) is 4.56. The Hall–Kier alpha value is -2.82. The van der Waals surface area contributed by atoms with Crippen LogP contribution in [-0.2, 0) is 11.2 Å². The van der Waals surface area contributed by atoms with Gasteiger partial charge in [-0.15, -0.1) is 0 Å². The zero-order valence-electron chi connectivity index (χ0n) is 11.7. The predicted octanol–water partition coefficient (Wildman–Crippen LogP) is 1.81. The van der Waals surface area contributed by atoms with Crippen LogP contribution in [-0.4, -0.2) is 18.9 Å². The SMILES string of the molecule is CNC(=O)c1ccc(NC(=O)Cc2cccc(N)c2)cc1. The summed E-state index contributed by atoms with van der Waals surface area (Å²) in [6.45, 7) is 0. The van der Waals surface area contributed by atoms with Crippen LogP contribution in [0.2, 0.25) is 0 Å². The van der Waals surface area contributed by atoms with Crippen molar-refractivity contribution < 1.29 is 9.59 Å². The largest absolute Gasteiger partial charge is 0.399 e. The molecule has 5 heteroatoms. The van der Waals surface area contributed by atoms with Crippen LogP contribution < -0.4 is 16.4 Å². The molecule has 0 atom stereocenters. The van der Waals surface area contributed by atoms with E-state index in [1.54, 1.807) is 43.4 Å². The number of benzene rings is 2. The van der Waals surface area contributed by atoms with E-state index in [1.807, 2.05) is 12.1 Å². The van der Waals surface area contributed by atoms with Gasteiger partial charge in [-0.1, -0.05) is 12.1 Å². The number of hydrogen-bond acceptors (Lipinski definition) is 3. The van der Waals surface area contributed by atoms with Crippen molar-refractivity contribution in [2.24, 2.45) is 0 Å². The Morgan fingerprint density at radius 2 is 1.81 bits per heavy atom. The van der Waals surface area contributed by atoms with Gasteiger partial charge >= 0.3 is 0 Å². The van der Waals surface area contributed by atoms with E-state index < -0.39 is 0 Å². The first-order valence-corrected chi connectivity index (χ1v) is 6.55. The van der Waals surface area contributed by atoms with E-state index in [1.165, 1.54) is 0 Å². The number of anilines is 2. The smallest absolute Gasteiger partial charge is 0.251 e. The van der Waals surface area contributed by atoms with Gasteiger partial charge in [0.2, 0.25) is 5.91 Å². The number of nitrogen functional groups attached to an aromatic ring is 1. The number of nitrogens with two attached hydrogens (primary N) is 1. The summed E-state index contributed by atoms with van der Waals surface area (Å²) >= 11 is 0. The Morgan fingerprint density at radius 1 is 1.10 bits per heavy atom. The summed E-state index contributed by atoms with van der Waals surface area (Å²) in [6, 6.07) is 13.9. The van der Waals surface area contributed by atoms with Gasteiger partial charge in [-0.25, -0.2) is 0 Å². The second-order valence-corrected chi connectivity index (χ2v) is 4.63. The third kappa shape index (κ3) is 4.07. The fourth-order valence-corrected chi connectivity index (χ4v) is 1.94. The first-order valence-electron chi connectivity index (χ1n) is 6.55. The van der Waals surface area contributed by atoms with Gasteiger partial charge in [0.25, 0.3) is 5.91 Å². The molecule has 0 aliphatic carbocycles. The minimum Gasteiger partial charge on any atom is -0.399 e. The van der Waals surface area contributed by atoms with E-state index in [2.05, 4.69) is 10.6 Å². The topological polar surface area (TPSA) is 84.2 Å². The molecule has 0 aliphatic rings. The van der Waals surface area contributed by atoms with Crippen molar-refractivity contribution >= 4 is 23.2 Å². The second kappa shape index (κ2) is 6.56. The Morgan fingerprint density at radius 3 is 2.43 bits per heavy atom. The molecule has 4 N–H and O–H groups in total. The van der Waals surface area contributed by atoms with Gasteiger partial charge in [-0.3, -0.25) is 9.59 Å². The van der Waals surface area contributed by atoms with Crippen LogP contribution in [0.1, 0.15) is 15.9 Å². The standard InChI is InChI=1S/C16H17N3O2/c1-18-16(21)12-5-7-14(8-6-12)19-15(20)10-11-3-2-4-13(17)9-11/h2-9H,10,17H2,1H3,(H,18,21)(H,19,20). The molecule has 2 rings (SSSR count). The number of hydrogen-bond donors (Lipinski definition) is 3. The molecule has 5 nitrogen and oxygen atoms in total. The summed E-state index contributed by atoms with van der Waals surface area (Å²) < 4.78 is 0. The maximum atomic E-state index is 11.9. The summed E-state index contributed by atoms with van der Waals surface area (Å²) in [7, 11) is 1.57. The Bertz CT molecular complexity index is 651. The molecule has 0 radical (unpaired) electrons. The average Bonchev–Trinajstić information content (AvgIpc) is 2.47. The van der Waals surface area contributed by atoms with Crippen LogP contribution >= 0.6 is 0 Å². The molecule has 21 heavy (non-hydrogen) atoms. The molecule has 2 amide bonds. The summed E-state index contributed by atoms with van der Waals surface area (Å²) in [5.74, 6) is -0.291. The van der Waals surface area contributed by atoms with Gasteiger partial charge < -0.3 is 16.4 Å². The summed E-state index contributed by atoms with van der Waals surface area (Å²) in [5, 5.41) is 5.32. The molecule has 0 fully saturated rings. The highest BCUT2D eigenvalue weighted by Gasteiger charge is 2.06. The van der Waals surface area contributed by atoms with Crippen molar-refractivity contribution in [2.75, 3.05) is 18.1 Å². The van der Waals surface area contributed by atoms with Crippen LogP contribution in [0.25, 0.3) is 0 Å². The van der Waals surface area contributed by atoms with Gasteiger partial charge in [0.1, 0.15) is 0 Å². The van der Waals surface area contributed by atoms with Crippen molar-refractivity contribution in [3.05, 3.63) is 59.7 Å². The fourth-order valence-electron chi connectivity index (χ4n) is 1.94. The summed E-state index contributed by atoms with van der Waals surface area (Å²) in [4.78, 5) is 23.3. The van der Waals surface area contributed by atoms with Gasteiger partial charge in [-0.2, -0.15) is 0 Å². The first kappa shape index (κ1) is 14.6. The fraction of sp³-hybridized carbons (Fsp3) is 0.125. The predicted molar refractivity (Wildman–Crippen MR) is 83.0 cm³/mol. The van der Waals surface area contributed by atoms with Crippen LogP contribution in [0.5, 0.6) is 0 Å². The molecule has 108 valence electrons. The Labute approximate surface area is 123 Å². The molecule has 0 unspecified atom stereocenters. The van der Waals surface area contributed by atoms with Gasteiger partial charge in [-0.05, 0) is 42.0 Å². The van der Waals surface area contributed by atoms with E-state index in [4.69, 9.17) is 5.73 Å². The molecular formula is C16H17N3O2. The lowest BCUT2D eigenvalue weighted by Gasteiger charge is -2.07. The molecule has 0 aliphatic heterocycles. The van der Waals surface area contributed by atoms with Gasteiger partial charge in [0.05, 0.1) is 6.42 Å². The summed E-state index contributed by atoms with van der Waals surface area (Å²) in [5.41, 5.74) is 8.36. The maximum Gasteiger partial charge on any atom is 0.251 e. The Balaban J connectivity index is 1.98. The number of nitrogens with one attached hydrogen (secondary N) is 2. The van der Waals surface area contributed by atoms with Crippen LogP contribution in [0.15, 0.2) is 48.5 Å². The monoisotopic (exact) mass is 283 g/mol. The van der Waals surface area contributed by atoms with Crippen LogP contribution in [0, 0.1) is 0 Å². The van der Waals surface area contributed by atoms with Crippen molar-refractivity contribution in [1.29, 1.82) is 0 Å². The zero-order valence-corrected chi connectivity index (χ0v) is 11.7. The molecule has 0 spiro atoms. The third-order valence-electron chi connectivity index (χ3n) is 2.97.